The Morgan fingerprint density at radius 1 is 1.26 bits per heavy atom. The normalized spacial score (nSPS) is 10.5. The van der Waals surface area contributed by atoms with Gasteiger partial charge in [-0.2, -0.15) is 0 Å². The molecule has 0 saturated heterocycles. The molecule has 0 amide bonds. The molecule has 0 atom stereocenters. The minimum atomic E-state index is -0.198. The van der Waals surface area contributed by atoms with Crippen LogP contribution in [0, 0.1) is 13.8 Å². The molecule has 0 unspecified atom stereocenters. The van der Waals surface area contributed by atoms with Crippen molar-refractivity contribution in [1.29, 1.82) is 0 Å². The number of carbonyl (C=O) groups excluding carboxylic acids is 1. The van der Waals surface area contributed by atoms with Crippen LogP contribution in [0.15, 0.2) is 28.7 Å². The van der Waals surface area contributed by atoms with Crippen molar-refractivity contribution in [1.82, 2.24) is 0 Å². The van der Waals surface area contributed by atoms with Gasteiger partial charge >= 0.3 is 0 Å². The lowest BCUT2D eigenvalue weighted by Gasteiger charge is -2.10. The van der Waals surface area contributed by atoms with Crippen molar-refractivity contribution >= 4 is 17.4 Å². The Morgan fingerprint density at radius 2 is 1.95 bits per heavy atom. The molecule has 1 aromatic carbocycles. The second-order valence-electron chi connectivity index (χ2n) is 4.37. The maximum atomic E-state index is 12.4. The van der Waals surface area contributed by atoms with Crippen molar-refractivity contribution in [3.05, 3.63) is 52.5 Å². The average molecular weight is 279 g/mol. The summed E-state index contributed by atoms with van der Waals surface area (Å²) in [7, 11) is 1.55. The monoisotopic (exact) mass is 278 g/mol. The molecule has 1 aromatic heterocycles. The summed E-state index contributed by atoms with van der Waals surface area (Å²) in [6, 6.07) is 7.01. The molecule has 2 rings (SSSR count). The Kier molecular flexibility index (Phi) is 3.96. The fourth-order valence-corrected chi connectivity index (χ4v) is 1.98. The van der Waals surface area contributed by atoms with Gasteiger partial charge in [-0.25, -0.2) is 0 Å². The van der Waals surface area contributed by atoms with Crippen molar-refractivity contribution in [3.8, 4) is 5.75 Å². The summed E-state index contributed by atoms with van der Waals surface area (Å²) in [4.78, 5) is 12.4. The van der Waals surface area contributed by atoms with Gasteiger partial charge in [0.25, 0.3) is 0 Å². The first-order valence-corrected chi connectivity index (χ1v) is 6.45. The highest BCUT2D eigenvalue weighted by molar-refractivity contribution is 6.17. The first-order valence-electron chi connectivity index (χ1n) is 5.91. The van der Waals surface area contributed by atoms with Gasteiger partial charge in [0.15, 0.2) is 5.76 Å². The number of benzene rings is 1. The molecule has 0 N–H and O–H groups in total. The summed E-state index contributed by atoms with van der Waals surface area (Å²) in [5, 5.41) is 0. The molecule has 0 saturated carbocycles. The highest BCUT2D eigenvalue weighted by atomic mass is 35.5. The molecule has 4 heteroatoms. The van der Waals surface area contributed by atoms with Crippen LogP contribution in [-0.2, 0) is 5.88 Å². The summed E-state index contributed by atoms with van der Waals surface area (Å²) in [6.45, 7) is 3.93. The van der Waals surface area contributed by atoms with E-state index in [0.717, 1.165) is 11.1 Å². The number of furan rings is 1. The number of ketones is 1. The average Bonchev–Trinajstić information content (AvgIpc) is 2.89. The smallest absolute Gasteiger partial charge is 0.231 e. The molecular formula is C15H15ClO3. The van der Waals surface area contributed by atoms with E-state index < -0.39 is 0 Å². The van der Waals surface area contributed by atoms with E-state index in [1.54, 1.807) is 19.2 Å². The first-order chi connectivity index (χ1) is 9.06. The predicted molar refractivity (Wildman–Crippen MR) is 74.2 cm³/mol. The molecule has 2 aromatic rings. The Labute approximate surface area is 117 Å². The van der Waals surface area contributed by atoms with Crippen LogP contribution in [0.2, 0.25) is 0 Å². The van der Waals surface area contributed by atoms with Crippen LogP contribution in [0.3, 0.4) is 0 Å². The minimum Gasteiger partial charge on any atom is -0.496 e. The van der Waals surface area contributed by atoms with E-state index >= 15 is 0 Å². The van der Waals surface area contributed by atoms with E-state index in [-0.39, 0.29) is 17.4 Å². The van der Waals surface area contributed by atoms with E-state index in [2.05, 4.69) is 0 Å². The van der Waals surface area contributed by atoms with Crippen LogP contribution < -0.4 is 4.74 Å². The van der Waals surface area contributed by atoms with E-state index in [1.807, 2.05) is 26.0 Å². The van der Waals surface area contributed by atoms with Crippen LogP contribution in [0.5, 0.6) is 5.75 Å². The lowest BCUT2D eigenvalue weighted by molar-refractivity contribution is 0.100. The molecule has 0 aliphatic heterocycles. The number of aryl methyl sites for hydroxylation is 2. The van der Waals surface area contributed by atoms with Crippen molar-refractivity contribution in [3.63, 3.8) is 0 Å². The largest absolute Gasteiger partial charge is 0.496 e. The number of methoxy groups -OCH3 is 1. The summed E-state index contributed by atoms with van der Waals surface area (Å²) in [5.74, 6) is 1.45. The number of ether oxygens (including phenoxy) is 1. The van der Waals surface area contributed by atoms with Crippen LogP contribution in [-0.4, -0.2) is 12.9 Å². The van der Waals surface area contributed by atoms with Crippen molar-refractivity contribution in [2.75, 3.05) is 7.11 Å². The van der Waals surface area contributed by atoms with Crippen molar-refractivity contribution in [2.24, 2.45) is 0 Å². The van der Waals surface area contributed by atoms with Gasteiger partial charge < -0.3 is 9.15 Å². The summed E-state index contributed by atoms with van der Waals surface area (Å²) >= 11 is 5.67. The Morgan fingerprint density at radius 3 is 2.53 bits per heavy atom. The molecule has 0 fully saturated rings. The third-order valence-electron chi connectivity index (χ3n) is 3.08. The summed E-state index contributed by atoms with van der Waals surface area (Å²) in [6.07, 6.45) is 0. The van der Waals surface area contributed by atoms with Crippen LogP contribution in [0.1, 0.15) is 33.0 Å². The molecule has 100 valence electrons. The van der Waals surface area contributed by atoms with Gasteiger partial charge in [0.05, 0.1) is 18.6 Å². The Balaban J connectivity index is 2.45. The molecule has 0 aliphatic rings. The SMILES string of the molecule is COc1cc(C)c(C)cc1C(=O)c1ccc(CCl)o1. The standard InChI is InChI=1S/C15H15ClO3/c1-9-6-12(14(18-3)7-10(9)2)15(17)13-5-4-11(8-16)19-13/h4-7H,8H2,1-3H3. The van der Waals surface area contributed by atoms with Crippen molar-refractivity contribution in [2.45, 2.75) is 19.7 Å². The van der Waals surface area contributed by atoms with Crippen LogP contribution in [0.25, 0.3) is 0 Å². The molecule has 0 bridgehead atoms. The number of rotatable bonds is 4. The van der Waals surface area contributed by atoms with E-state index in [0.29, 0.717) is 17.1 Å². The number of alkyl halides is 1. The van der Waals surface area contributed by atoms with Crippen molar-refractivity contribution < 1.29 is 13.9 Å². The van der Waals surface area contributed by atoms with Crippen LogP contribution >= 0.6 is 11.6 Å². The predicted octanol–water partition coefficient (Wildman–Crippen LogP) is 3.87. The lowest BCUT2D eigenvalue weighted by atomic mass is 10.0. The highest BCUT2D eigenvalue weighted by Gasteiger charge is 2.19. The zero-order valence-corrected chi connectivity index (χ0v) is 11.9. The number of carbonyl (C=O) groups is 1. The molecule has 3 nitrogen and oxygen atoms in total. The molecule has 0 radical (unpaired) electrons. The highest BCUT2D eigenvalue weighted by Crippen LogP contribution is 2.26. The third kappa shape index (κ3) is 2.66. The number of hydrogen-bond donors (Lipinski definition) is 0. The zero-order chi connectivity index (χ0) is 14.0. The molecule has 0 aliphatic carbocycles. The van der Waals surface area contributed by atoms with Gasteiger partial charge in [0.1, 0.15) is 11.5 Å². The number of halogens is 1. The molecule has 19 heavy (non-hydrogen) atoms. The minimum absolute atomic E-state index is 0.198. The van der Waals surface area contributed by atoms with E-state index in [4.69, 9.17) is 20.8 Å². The van der Waals surface area contributed by atoms with Gasteiger partial charge in [-0.05, 0) is 49.2 Å². The quantitative estimate of drug-likeness (QED) is 0.629. The van der Waals surface area contributed by atoms with E-state index in [9.17, 15) is 4.79 Å². The first kappa shape index (κ1) is 13.7. The van der Waals surface area contributed by atoms with E-state index in [1.165, 1.54) is 0 Å². The third-order valence-corrected chi connectivity index (χ3v) is 3.34. The van der Waals surface area contributed by atoms with Gasteiger partial charge in [-0.1, -0.05) is 0 Å². The molecule has 1 heterocycles. The second-order valence-corrected chi connectivity index (χ2v) is 4.63. The molecular weight excluding hydrogens is 264 g/mol. The lowest BCUT2D eigenvalue weighted by Crippen LogP contribution is -2.04. The second kappa shape index (κ2) is 5.49. The molecule has 0 spiro atoms. The Bertz CT molecular complexity index is 614. The maximum absolute atomic E-state index is 12.4. The van der Waals surface area contributed by atoms with Gasteiger partial charge in [0, 0.05) is 0 Å². The van der Waals surface area contributed by atoms with Gasteiger partial charge in [-0.15, -0.1) is 11.6 Å². The fourth-order valence-electron chi connectivity index (χ4n) is 1.84. The van der Waals surface area contributed by atoms with Crippen LogP contribution in [0.4, 0.5) is 0 Å². The fraction of sp³-hybridized carbons (Fsp3) is 0.267. The number of hydrogen-bond acceptors (Lipinski definition) is 3. The Hall–Kier alpha value is -1.74. The van der Waals surface area contributed by atoms with Gasteiger partial charge in [0.2, 0.25) is 5.78 Å². The summed E-state index contributed by atoms with van der Waals surface area (Å²) < 4.78 is 10.6. The summed E-state index contributed by atoms with van der Waals surface area (Å²) in [5.41, 5.74) is 2.61. The van der Waals surface area contributed by atoms with Gasteiger partial charge in [-0.3, -0.25) is 4.79 Å². The maximum Gasteiger partial charge on any atom is 0.231 e. The topological polar surface area (TPSA) is 39.4 Å². The zero-order valence-electron chi connectivity index (χ0n) is 11.1.